The first-order chi connectivity index (χ1) is 19.4. The van der Waals surface area contributed by atoms with Crippen molar-refractivity contribution in [1.82, 2.24) is 0 Å². The van der Waals surface area contributed by atoms with Crippen molar-refractivity contribution in [2.75, 3.05) is 21.3 Å². The molecule has 41 heavy (non-hydrogen) atoms. The van der Waals surface area contributed by atoms with Gasteiger partial charge in [-0.05, 0) is 61.1 Å². The van der Waals surface area contributed by atoms with E-state index in [9.17, 15) is 19.2 Å². The predicted molar refractivity (Wildman–Crippen MR) is 148 cm³/mol. The summed E-state index contributed by atoms with van der Waals surface area (Å²) in [5, 5.41) is 0. The fourth-order valence-corrected chi connectivity index (χ4v) is 4.30. The van der Waals surface area contributed by atoms with E-state index in [1.54, 1.807) is 30.3 Å². The van der Waals surface area contributed by atoms with Gasteiger partial charge >= 0.3 is 23.9 Å². The van der Waals surface area contributed by atoms with Crippen molar-refractivity contribution in [3.63, 3.8) is 0 Å². The Labute approximate surface area is 239 Å². The summed E-state index contributed by atoms with van der Waals surface area (Å²) in [5.41, 5.74) is 1.68. The Morgan fingerprint density at radius 3 is 1.49 bits per heavy atom. The van der Waals surface area contributed by atoms with E-state index in [1.165, 1.54) is 49.0 Å². The van der Waals surface area contributed by atoms with Crippen LogP contribution in [0.2, 0.25) is 0 Å². The molecule has 11 nitrogen and oxygen atoms in total. The normalized spacial score (nSPS) is 12.0. The lowest BCUT2D eigenvalue weighted by molar-refractivity contribution is -0.153. The van der Waals surface area contributed by atoms with Crippen molar-refractivity contribution >= 4 is 23.9 Å². The van der Waals surface area contributed by atoms with Crippen molar-refractivity contribution in [3.05, 3.63) is 41.5 Å². The van der Waals surface area contributed by atoms with Crippen LogP contribution in [0, 0.1) is 0 Å². The Balaban J connectivity index is 2.19. The summed E-state index contributed by atoms with van der Waals surface area (Å²) in [6.45, 7) is 5.24. The zero-order chi connectivity index (χ0) is 30.5. The summed E-state index contributed by atoms with van der Waals surface area (Å²) in [5.74, 6) is -0.334. The van der Waals surface area contributed by atoms with E-state index >= 15 is 0 Å². The van der Waals surface area contributed by atoms with Crippen LogP contribution in [0.5, 0.6) is 28.7 Å². The lowest BCUT2D eigenvalue weighted by Crippen LogP contribution is -2.27. The molecule has 0 aliphatic carbocycles. The minimum atomic E-state index is -0.553. The summed E-state index contributed by atoms with van der Waals surface area (Å²) in [6, 6.07) is 8.65. The number of methoxy groups -OCH3 is 3. The molecule has 0 saturated carbocycles. The molecule has 2 aromatic carbocycles. The fourth-order valence-electron chi connectivity index (χ4n) is 4.30. The molecule has 2 aromatic rings. The summed E-state index contributed by atoms with van der Waals surface area (Å²) >= 11 is 0. The van der Waals surface area contributed by atoms with Gasteiger partial charge in [-0.1, -0.05) is 6.07 Å². The molecule has 2 rings (SSSR count). The number of carbonyl (C=O) groups excluding carboxylic acids is 4. The molecule has 0 saturated heterocycles. The molecule has 2 atom stereocenters. The maximum absolute atomic E-state index is 11.9. The van der Waals surface area contributed by atoms with Crippen LogP contribution in [0.25, 0.3) is 0 Å². The van der Waals surface area contributed by atoms with Crippen LogP contribution in [-0.4, -0.2) is 57.4 Å². The Morgan fingerprint density at radius 1 is 0.585 bits per heavy atom. The van der Waals surface area contributed by atoms with Crippen LogP contribution in [0.4, 0.5) is 0 Å². The minimum absolute atomic E-state index is 0.176. The third-order valence-electron chi connectivity index (χ3n) is 5.95. The molecule has 0 unspecified atom stereocenters. The monoisotopic (exact) mass is 574 g/mol. The average Bonchev–Trinajstić information content (AvgIpc) is 2.90. The van der Waals surface area contributed by atoms with Gasteiger partial charge in [-0.15, -0.1) is 0 Å². The highest BCUT2D eigenvalue weighted by Crippen LogP contribution is 2.39. The molecule has 0 spiro atoms. The third kappa shape index (κ3) is 11.0. The van der Waals surface area contributed by atoms with E-state index < -0.39 is 36.1 Å². The van der Waals surface area contributed by atoms with Crippen LogP contribution in [0.15, 0.2) is 30.3 Å². The Kier molecular flexibility index (Phi) is 12.9. The molecule has 0 aliphatic heterocycles. The molecule has 224 valence electrons. The largest absolute Gasteiger partial charge is 0.493 e. The standard InChI is InChI=1S/C30H38O11/c1-18(31)38-24(11-8-22-10-13-26(40-20(3)33)27(14-22)35-5)17-25(39-19(2)32)12-9-23-15-28(36-6)30(41-21(4)34)29(16-23)37-7/h10,13-16,24-25H,8-9,11-12,17H2,1-7H3/t24-,25-/m0/s1. The van der Waals surface area contributed by atoms with Gasteiger partial charge in [0, 0.05) is 34.1 Å². The maximum Gasteiger partial charge on any atom is 0.308 e. The maximum atomic E-state index is 11.9. The Morgan fingerprint density at radius 2 is 1.05 bits per heavy atom. The molecule has 0 aromatic heterocycles. The summed E-state index contributed by atoms with van der Waals surface area (Å²) in [6.07, 6.45) is 1.05. The van der Waals surface area contributed by atoms with Crippen molar-refractivity contribution in [3.8, 4) is 28.7 Å². The number of rotatable bonds is 15. The number of carbonyl (C=O) groups is 4. The van der Waals surface area contributed by atoms with Gasteiger partial charge in [0.25, 0.3) is 0 Å². The van der Waals surface area contributed by atoms with Gasteiger partial charge in [-0.2, -0.15) is 0 Å². The van der Waals surface area contributed by atoms with E-state index in [1.807, 2.05) is 0 Å². The Hall–Kier alpha value is -4.28. The van der Waals surface area contributed by atoms with Crippen LogP contribution in [0.1, 0.15) is 58.1 Å². The summed E-state index contributed by atoms with van der Waals surface area (Å²) in [4.78, 5) is 46.6. The number of aryl methyl sites for hydroxylation is 2. The van der Waals surface area contributed by atoms with Gasteiger partial charge in [-0.25, -0.2) is 0 Å². The molecule has 0 aliphatic rings. The second-order valence-corrected chi connectivity index (χ2v) is 9.28. The van der Waals surface area contributed by atoms with Crippen molar-refractivity contribution < 1.29 is 52.3 Å². The zero-order valence-corrected chi connectivity index (χ0v) is 24.6. The van der Waals surface area contributed by atoms with Gasteiger partial charge in [-0.3, -0.25) is 19.2 Å². The van der Waals surface area contributed by atoms with Crippen LogP contribution in [-0.2, 0) is 41.5 Å². The van der Waals surface area contributed by atoms with E-state index in [4.69, 9.17) is 33.2 Å². The Bertz CT molecular complexity index is 1200. The van der Waals surface area contributed by atoms with Crippen molar-refractivity contribution in [2.24, 2.45) is 0 Å². The lowest BCUT2D eigenvalue weighted by atomic mass is 9.98. The smallest absolute Gasteiger partial charge is 0.308 e. The van der Waals surface area contributed by atoms with Gasteiger partial charge in [0.1, 0.15) is 12.2 Å². The molecule has 0 amide bonds. The van der Waals surface area contributed by atoms with E-state index in [0.717, 1.165) is 11.1 Å². The quantitative estimate of drug-likeness (QED) is 0.222. The molecular formula is C30H38O11. The van der Waals surface area contributed by atoms with Gasteiger partial charge in [0.2, 0.25) is 5.75 Å². The molecule has 0 radical (unpaired) electrons. The predicted octanol–water partition coefficient (Wildman–Crippen LogP) is 4.38. The minimum Gasteiger partial charge on any atom is -0.493 e. The first-order valence-corrected chi connectivity index (χ1v) is 13.1. The first-order valence-electron chi connectivity index (χ1n) is 13.1. The van der Waals surface area contributed by atoms with E-state index in [0.29, 0.717) is 48.7 Å². The van der Waals surface area contributed by atoms with Crippen LogP contribution < -0.4 is 23.7 Å². The van der Waals surface area contributed by atoms with Gasteiger partial charge < -0.3 is 33.2 Å². The van der Waals surface area contributed by atoms with Gasteiger partial charge in [0.05, 0.1) is 21.3 Å². The molecule has 0 heterocycles. The highest BCUT2D eigenvalue weighted by Gasteiger charge is 2.23. The first kappa shape index (κ1) is 32.9. The molecule has 0 bridgehead atoms. The van der Waals surface area contributed by atoms with Crippen molar-refractivity contribution in [2.45, 2.75) is 72.0 Å². The summed E-state index contributed by atoms with van der Waals surface area (Å²) in [7, 11) is 4.39. The second-order valence-electron chi connectivity index (χ2n) is 9.28. The number of benzene rings is 2. The summed E-state index contributed by atoms with van der Waals surface area (Å²) < 4.78 is 37.7. The molecule has 0 N–H and O–H groups in total. The number of hydrogen-bond acceptors (Lipinski definition) is 11. The fraction of sp³-hybridized carbons (Fsp3) is 0.467. The molecule has 11 heteroatoms. The average molecular weight is 575 g/mol. The topological polar surface area (TPSA) is 133 Å². The lowest BCUT2D eigenvalue weighted by Gasteiger charge is -2.24. The molecule has 0 fully saturated rings. The van der Waals surface area contributed by atoms with Crippen LogP contribution in [0.3, 0.4) is 0 Å². The van der Waals surface area contributed by atoms with E-state index in [-0.39, 0.29) is 12.2 Å². The highest BCUT2D eigenvalue weighted by molar-refractivity contribution is 5.72. The highest BCUT2D eigenvalue weighted by atomic mass is 16.6. The van der Waals surface area contributed by atoms with Gasteiger partial charge in [0.15, 0.2) is 23.0 Å². The second kappa shape index (κ2) is 16.1. The molecular weight excluding hydrogens is 536 g/mol. The third-order valence-corrected chi connectivity index (χ3v) is 5.95. The number of ether oxygens (including phenoxy) is 7. The SMILES string of the molecule is COc1cc(CC[C@@H](C[C@H](CCc2cc(OC)c(OC(C)=O)c(OC)c2)OC(C)=O)OC(C)=O)ccc1OC(C)=O. The zero-order valence-electron chi connectivity index (χ0n) is 24.6. The number of esters is 4. The van der Waals surface area contributed by atoms with Crippen LogP contribution >= 0.6 is 0 Å². The number of hydrogen-bond donors (Lipinski definition) is 0. The van der Waals surface area contributed by atoms with E-state index in [2.05, 4.69) is 0 Å². The van der Waals surface area contributed by atoms with Crippen molar-refractivity contribution in [1.29, 1.82) is 0 Å².